The lowest BCUT2D eigenvalue weighted by Crippen LogP contribution is -2.23. The summed E-state index contributed by atoms with van der Waals surface area (Å²) < 4.78 is -0.0232. The van der Waals surface area contributed by atoms with Crippen LogP contribution >= 0.6 is 46.1 Å². The number of alkyl halides is 3. The van der Waals surface area contributed by atoms with Crippen molar-refractivity contribution in [2.45, 2.75) is 3.79 Å². The van der Waals surface area contributed by atoms with E-state index in [1.54, 1.807) is 16.8 Å². The predicted octanol–water partition coefficient (Wildman–Crippen LogP) is 2.91. The number of carbonyl (C=O) groups excluding carboxylic acids is 1. The summed E-state index contributed by atoms with van der Waals surface area (Å²) in [5, 5.41) is 2.28. The summed E-state index contributed by atoms with van der Waals surface area (Å²) in [6.07, 6.45) is 2.57. The molecule has 0 spiro atoms. The van der Waals surface area contributed by atoms with E-state index >= 15 is 0 Å². The van der Waals surface area contributed by atoms with Crippen LogP contribution in [-0.4, -0.2) is 22.5 Å². The molecule has 1 amide bonds. The Balaban J connectivity index is 2.38. The highest BCUT2D eigenvalue weighted by Crippen LogP contribution is 2.46. The molecule has 18 heavy (non-hydrogen) atoms. The molecule has 2 rings (SSSR count). The maximum absolute atomic E-state index is 11.0. The predicted molar refractivity (Wildman–Crippen MR) is 71.5 cm³/mol. The Kier molecular flexibility index (Phi) is 3.76. The second-order valence-electron chi connectivity index (χ2n) is 3.10. The van der Waals surface area contributed by atoms with Crippen molar-refractivity contribution in [1.82, 2.24) is 14.7 Å². The molecule has 0 saturated carbocycles. The monoisotopic (exact) mass is 328 g/mol. The standard InChI is InChI=1S/C8H7Cl3N4O2S/c1-12-7(16)17-14-5-4(8(9,10)11)18-6-13-2-3-15(5)6/h2-3,14H,1H3,(H,12,16). The fraction of sp³-hybridized carbons (Fsp3) is 0.250. The molecule has 6 nitrogen and oxygen atoms in total. The number of imidazole rings is 1. The molecule has 0 atom stereocenters. The van der Waals surface area contributed by atoms with Gasteiger partial charge in [-0.3, -0.25) is 4.40 Å². The molecular formula is C8H7Cl3N4O2S. The molecule has 0 radical (unpaired) electrons. The van der Waals surface area contributed by atoms with E-state index in [4.69, 9.17) is 39.6 Å². The van der Waals surface area contributed by atoms with Gasteiger partial charge in [0.25, 0.3) is 0 Å². The van der Waals surface area contributed by atoms with Gasteiger partial charge in [-0.25, -0.2) is 9.78 Å². The van der Waals surface area contributed by atoms with Crippen LogP contribution in [0.2, 0.25) is 0 Å². The van der Waals surface area contributed by atoms with Crippen LogP contribution in [0.5, 0.6) is 0 Å². The Hall–Kier alpha value is -0.890. The summed E-state index contributed by atoms with van der Waals surface area (Å²) >= 11 is 18.7. The minimum Gasteiger partial charge on any atom is -0.323 e. The molecule has 2 N–H and O–H groups in total. The molecule has 10 heteroatoms. The number of aromatic nitrogens is 2. The lowest BCUT2D eigenvalue weighted by Gasteiger charge is -2.12. The SMILES string of the molecule is CNC(=O)ONc1c(C(Cl)(Cl)Cl)sc2nccn12. The van der Waals surface area contributed by atoms with Gasteiger partial charge >= 0.3 is 6.09 Å². The molecule has 0 saturated heterocycles. The summed E-state index contributed by atoms with van der Waals surface area (Å²) in [6, 6.07) is 0. The number of thiazole rings is 1. The van der Waals surface area contributed by atoms with Crippen LogP contribution in [0.4, 0.5) is 10.6 Å². The van der Waals surface area contributed by atoms with Crippen molar-refractivity contribution in [3.05, 3.63) is 17.3 Å². The lowest BCUT2D eigenvalue weighted by molar-refractivity contribution is 0.171. The first-order valence-corrected chi connectivity index (χ1v) is 6.56. The molecule has 2 aromatic heterocycles. The van der Waals surface area contributed by atoms with Gasteiger partial charge in [0, 0.05) is 19.4 Å². The molecule has 0 aliphatic carbocycles. The molecule has 2 aromatic rings. The van der Waals surface area contributed by atoms with Crippen LogP contribution in [-0.2, 0) is 8.63 Å². The highest BCUT2D eigenvalue weighted by Gasteiger charge is 2.31. The van der Waals surface area contributed by atoms with Gasteiger partial charge in [-0.15, -0.1) is 0 Å². The maximum Gasteiger partial charge on any atom is 0.431 e. The molecule has 2 heterocycles. The Morgan fingerprint density at radius 1 is 1.56 bits per heavy atom. The van der Waals surface area contributed by atoms with E-state index in [-0.39, 0.29) is 0 Å². The normalized spacial score (nSPS) is 11.6. The molecule has 0 aliphatic rings. The van der Waals surface area contributed by atoms with E-state index in [0.29, 0.717) is 15.7 Å². The van der Waals surface area contributed by atoms with Crippen LogP contribution in [0.25, 0.3) is 4.96 Å². The topological polar surface area (TPSA) is 67.7 Å². The quantitative estimate of drug-likeness (QED) is 0.656. The van der Waals surface area contributed by atoms with Crippen molar-refractivity contribution in [1.29, 1.82) is 0 Å². The zero-order valence-corrected chi connectivity index (χ0v) is 12.0. The van der Waals surface area contributed by atoms with Crippen molar-refractivity contribution >= 4 is 63.0 Å². The van der Waals surface area contributed by atoms with Crippen LogP contribution in [0, 0.1) is 0 Å². The minimum atomic E-state index is -1.64. The largest absolute Gasteiger partial charge is 0.431 e. The van der Waals surface area contributed by atoms with Crippen molar-refractivity contribution in [2.75, 3.05) is 12.5 Å². The first kappa shape index (κ1) is 13.5. The van der Waals surface area contributed by atoms with Gasteiger partial charge in [0.2, 0.25) is 3.79 Å². The van der Waals surface area contributed by atoms with E-state index in [2.05, 4.69) is 15.8 Å². The number of anilines is 1. The average Bonchev–Trinajstić information content (AvgIpc) is 2.85. The van der Waals surface area contributed by atoms with E-state index in [1.807, 2.05) is 0 Å². The summed E-state index contributed by atoms with van der Waals surface area (Å²) in [5.41, 5.74) is 2.45. The second kappa shape index (κ2) is 5.00. The Morgan fingerprint density at radius 3 is 2.89 bits per heavy atom. The molecule has 0 unspecified atom stereocenters. The van der Waals surface area contributed by atoms with Crippen molar-refractivity contribution in [3.8, 4) is 0 Å². The lowest BCUT2D eigenvalue weighted by atomic mass is 10.5. The van der Waals surface area contributed by atoms with Gasteiger partial charge in [-0.05, 0) is 0 Å². The number of halogens is 3. The fourth-order valence-corrected chi connectivity index (χ4v) is 2.73. The van der Waals surface area contributed by atoms with E-state index in [9.17, 15) is 4.79 Å². The first-order valence-electron chi connectivity index (χ1n) is 4.61. The van der Waals surface area contributed by atoms with Crippen LogP contribution in [0.1, 0.15) is 4.88 Å². The number of nitrogens with zero attached hydrogens (tertiary/aromatic N) is 2. The van der Waals surface area contributed by atoms with Crippen molar-refractivity contribution < 1.29 is 9.63 Å². The second-order valence-corrected chi connectivity index (χ2v) is 6.36. The first-order chi connectivity index (χ1) is 8.43. The van der Waals surface area contributed by atoms with E-state index < -0.39 is 9.89 Å². The fourth-order valence-electron chi connectivity index (χ4n) is 1.22. The number of hydrogen-bond donors (Lipinski definition) is 2. The Bertz CT molecular complexity index is 576. The van der Waals surface area contributed by atoms with E-state index in [1.165, 1.54) is 18.4 Å². The van der Waals surface area contributed by atoms with Crippen molar-refractivity contribution in [3.63, 3.8) is 0 Å². The van der Waals surface area contributed by atoms with E-state index in [0.717, 1.165) is 0 Å². The number of rotatable bonds is 2. The highest BCUT2D eigenvalue weighted by atomic mass is 35.6. The van der Waals surface area contributed by atoms with Gasteiger partial charge < -0.3 is 10.2 Å². The van der Waals surface area contributed by atoms with Gasteiger partial charge in [-0.1, -0.05) is 46.1 Å². The summed E-state index contributed by atoms with van der Waals surface area (Å²) in [5.74, 6) is 0.344. The van der Waals surface area contributed by atoms with Gasteiger partial charge in [0.1, 0.15) is 4.88 Å². The molecule has 98 valence electrons. The number of hydrogen-bond acceptors (Lipinski definition) is 5. The summed E-state index contributed by atoms with van der Waals surface area (Å²) in [7, 11) is 1.43. The maximum atomic E-state index is 11.0. The third-order valence-electron chi connectivity index (χ3n) is 1.96. The smallest absolute Gasteiger partial charge is 0.323 e. The van der Waals surface area contributed by atoms with Gasteiger partial charge in [-0.2, -0.15) is 5.48 Å². The number of carbonyl (C=O) groups is 1. The van der Waals surface area contributed by atoms with Crippen molar-refractivity contribution in [2.24, 2.45) is 0 Å². The highest BCUT2D eigenvalue weighted by molar-refractivity contribution is 7.18. The summed E-state index contributed by atoms with van der Waals surface area (Å²) in [4.78, 5) is 20.8. The summed E-state index contributed by atoms with van der Waals surface area (Å²) in [6.45, 7) is 0. The molecule has 0 aromatic carbocycles. The minimum absolute atomic E-state index is 0.344. The third-order valence-corrected chi connectivity index (χ3v) is 4.05. The molecular weight excluding hydrogens is 323 g/mol. The molecule has 0 aliphatic heterocycles. The zero-order valence-electron chi connectivity index (χ0n) is 8.91. The van der Waals surface area contributed by atoms with Crippen LogP contribution < -0.4 is 10.8 Å². The third kappa shape index (κ3) is 2.59. The average molecular weight is 330 g/mol. The van der Waals surface area contributed by atoms with Gasteiger partial charge in [0.05, 0.1) is 0 Å². The number of nitrogens with one attached hydrogen (secondary N) is 2. The van der Waals surface area contributed by atoms with Gasteiger partial charge in [0.15, 0.2) is 10.8 Å². The molecule has 0 bridgehead atoms. The Labute approximate surface area is 121 Å². The zero-order chi connectivity index (χ0) is 13.3. The Morgan fingerprint density at radius 2 is 2.28 bits per heavy atom. The number of fused-ring (bicyclic) bond motifs is 1. The number of amides is 1. The van der Waals surface area contributed by atoms with Crippen LogP contribution in [0.15, 0.2) is 12.4 Å². The molecule has 0 fully saturated rings. The van der Waals surface area contributed by atoms with Crippen LogP contribution in [0.3, 0.4) is 0 Å².